The van der Waals surface area contributed by atoms with E-state index in [-0.39, 0.29) is 22.0 Å². The number of carbonyl (C=O) groups excluding carboxylic acids is 1. The van der Waals surface area contributed by atoms with Crippen molar-refractivity contribution in [2.75, 3.05) is 18.4 Å². The Morgan fingerprint density at radius 3 is 2.44 bits per heavy atom. The molecule has 0 aliphatic carbocycles. The molecule has 2 heterocycles. The van der Waals surface area contributed by atoms with Crippen LogP contribution in [0.25, 0.3) is 0 Å². The number of anilines is 1. The van der Waals surface area contributed by atoms with Crippen LogP contribution in [-0.4, -0.2) is 31.7 Å². The summed E-state index contributed by atoms with van der Waals surface area (Å²) in [4.78, 5) is 13.0. The minimum Gasteiger partial charge on any atom is -0.456 e. The first-order chi connectivity index (χ1) is 16.3. The lowest BCUT2D eigenvalue weighted by Gasteiger charge is -2.27. The van der Waals surface area contributed by atoms with Gasteiger partial charge in [0, 0.05) is 24.2 Å². The Kier molecular flexibility index (Phi) is 5.97. The summed E-state index contributed by atoms with van der Waals surface area (Å²) in [6, 6.07) is 14.9. The molecule has 3 aromatic carbocycles. The van der Waals surface area contributed by atoms with E-state index in [0.29, 0.717) is 35.3 Å². The number of carbonyl (C=O) groups is 1. The molecule has 3 aromatic rings. The highest BCUT2D eigenvalue weighted by atomic mass is 35.5. The smallest absolute Gasteiger partial charge is 0.259 e. The molecular weight excluding hydrogens is 476 g/mol. The third-order valence-corrected chi connectivity index (χ3v) is 8.04. The Bertz CT molecular complexity index is 1370. The number of halogens is 1. The number of amides is 1. The monoisotopic (exact) mass is 498 g/mol. The number of fused-ring (bicyclic) bond motifs is 2. The molecule has 0 spiro atoms. The van der Waals surface area contributed by atoms with Gasteiger partial charge in [-0.25, -0.2) is 8.42 Å². The molecule has 1 fully saturated rings. The van der Waals surface area contributed by atoms with Gasteiger partial charge in [-0.15, -0.1) is 0 Å². The van der Waals surface area contributed by atoms with Crippen molar-refractivity contribution in [2.45, 2.75) is 31.1 Å². The molecule has 2 aliphatic heterocycles. The number of ether oxygens (including phenoxy) is 2. The minimum atomic E-state index is -3.92. The standard InChI is InChI=1S/C25H23ClN2O5S/c1-16-5-10-21-20(13-16)27-25(29)19-14-24(34(30,31)28-11-3-2-4-12-28)23(15-22(19)33-21)32-18-8-6-17(26)7-9-18/h5-10,13-15H,2-4,11-12H2,1H3,(H,27,29). The van der Waals surface area contributed by atoms with Crippen LogP contribution in [0.3, 0.4) is 0 Å². The van der Waals surface area contributed by atoms with Crippen LogP contribution in [0.2, 0.25) is 5.02 Å². The zero-order chi connectivity index (χ0) is 23.9. The van der Waals surface area contributed by atoms with E-state index in [1.54, 1.807) is 36.4 Å². The van der Waals surface area contributed by atoms with E-state index in [0.717, 1.165) is 24.8 Å². The maximum Gasteiger partial charge on any atom is 0.259 e. The van der Waals surface area contributed by atoms with Crippen LogP contribution in [0.5, 0.6) is 23.0 Å². The van der Waals surface area contributed by atoms with Crippen LogP contribution in [0.15, 0.2) is 59.5 Å². The van der Waals surface area contributed by atoms with Gasteiger partial charge in [-0.2, -0.15) is 4.31 Å². The van der Waals surface area contributed by atoms with Crippen LogP contribution in [0.4, 0.5) is 5.69 Å². The number of sulfonamides is 1. The Morgan fingerprint density at radius 2 is 1.71 bits per heavy atom. The number of hydrogen-bond acceptors (Lipinski definition) is 5. The Morgan fingerprint density at radius 1 is 0.971 bits per heavy atom. The zero-order valence-electron chi connectivity index (χ0n) is 18.5. The van der Waals surface area contributed by atoms with E-state index in [1.165, 1.54) is 16.4 Å². The lowest BCUT2D eigenvalue weighted by molar-refractivity contribution is 0.102. The molecule has 1 amide bonds. The van der Waals surface area contributed by atoms with Gasteiger partial charge in [0.15, 0.2) is 11.5 Å². The van der Waals surface area contributed by atoms with Gasteiger partial charge in [0.1, 0.15) is 16.4 Å². The Balaban J connectivity index is 1.64. The number of benzene rings is 3. The second-order valence-electron chi connectivity index (χ2n) is 8.37. The molecule has 176 valence electrons. The maximum absolute atomic E-state index is 13.6. The molecule has 1 saturated heterocycles. The summed E-state index contributed by atoms with van der Waals surface area (Å²) in [6.07, 6.45) is 2.56. The van der Waals surface area contributed by atoms with E-state index in [2.05, 4.69) is 5.32 Å². The van der Waals surface area contributed by atoms with Gasteiger partial charge in [-0.3, -0.25) is 4.79 Å². The van der Waals surface area contributed by atoms with Gasteiger partial charge in [-0.1, -0.05) is 24.1 Å². The first-order valence-electron chi connectivity index (χ1n) is 11.0. The van der Waals surface area contributed by atoms with Gasteiger partial charge in [-0.05, 0) is 67.8 Å². The number of hydrogen-bond donors (Lipinski definition) is 1. The minimum absolute atomic E-state index is 0.0787. The van der Waals surface area contributed by atoms with Crippen LogP contribution >= 0.6 is 11.6 Å². The summed E-state index contributed by atoms with van der Waals surface area (Å²) >= 11 is 5.99. The predicted molar refractivity (Wildman–Crippen MR) is 130 cm³/mol. The van der Waals surface area contributed by atoms with Crippen LogP contribution < -0.4 is 14.8 Å². The lowest BCUT2D eigenvalue weighted by atomic mass is 10.1. The van der Waals surface area contributed by atoms with Crippen molar-refractivity contribution in [3.8, 4) is 23.0 Å². The summed E-state index contributed by atoms with van der Waals surface area (Å²) in [5.74, 6) is 0.708. The molecular formula is C25H23ClN2O5S. The third kappa shape index (κ3) is 4.36. The Labute approximate surface area is 203 Å². The number of piperidine rings is 1. The fourth-order valence-electron chi connectivity index (χ4n) is 4.10. The summed E-state index contributed by atoms with van der Waals surface area (Å²) in [7, 11) is -3.92. The molecule has 34 heavy (non-hydrogen) atoms. The summed E-state index contributed by atoms with van der Waals surface area (Å²) in [6.45, 7) is 2.76. The number of nitrogens with zero attached hydrogens (tertiary/aromatic N) is 1. The summed E-state index contributed by atoms with van der Waals surface area (Å²) < 4.78 is 40.8. The maximum atomic E-state index is 13.6. The van der Waals surface area contributed by atoms with Crippen molar-refractivity contribution in [3.05, 3.63) is 70.7 Å². The van der Waals surface area contributed by atoms with E-state index in [1.807, 2.05) is 13.0 Å². The number of rotatable bonds is 4. The van der Waals surface area contributed by atoms with E-state index in [4.69, 9.17) is 21.1 Å². The van der Waals surface area contributed by atoms with Crippen molar-refractivity contribution < 1.29 is 22.7 Å². The fraction of sp³-hybridized carbons (Fsp3) is 0.240. The molecule has 0 aromatic heterocycles. The lowest BCUT2D eigenvalue weighted by Crippen LogP contribution is -2.35. The van der Waals surface area contributed by atoms with Crippen molar-refractivity contribution in [3.63, 3.8) is 0 Å². The largest absolute Gasteiger partial charge is 0.456 e. The quantitative estimate of drug-likeness (QED) is 0.478. The predicted octanol–water partition coefficient (Wildman–Crippen LogP) is 5.97. The van der Waals surface area contributed by atoms with E-state index >= 15 is 0 Å². The molecule has 0 radical (unpaired) electrons. The zero-order valence-corrected chi connectivity index (χ0v) is 20.1. The molecule has 0 bridgehead atoms. The van der Waals surface area contributed by atoms with Gasteiger partial charge in [0.25, 0.3) is 5.91 Å². The topological polar surface area (TPSA) is 84.9 Å². The first-order valence-corrected chi connectivity index (χ1v) is 12.8. The Hall–Kier alpha value is -3.07. The summed E-state index contributed by atoms with van der Waals surface area (Å²) in [5.41, 5.74) is 1.59. The van der Waals surface area contributed by atoms with Crippen molar-refractivity contribution >= 4 is 33.2 Å². The number of nitrogens with one attached hydrogen (secondary N) is 1. The first kappa shape index (κ1) is 22.7. The second kappa shape index (κ2) is 8.94. The van der Waals surface area contributed by atoms with Crippen molar-refractivity contribution in [1.82, 2.24) is 4.31 Å². The second-order valence-corrected chi connectivity index (χ2v) is 10.7. The van der Waals surface area contributed by atoms with Gasteiger partial charge >= 0.3 is 0 Å². The fourth-order valence-corrected chi connectivity index (χ4v) is 5.86. The molecule has 5 rings (SSSR count). The SMILES string of the molecule is Cc1ccc2c(c1)NC(=O)c1cc(S(=O)(=O)N3CCCCC3)c(Oc3ccc(Cl)cc3)cc1O2. The molecule has 0 saturated carbocycles. The van der Waals surface area contributed by atoms with Crippen molar-refractivity contribution in [1.29, 1.82) is 0 Å². The number of aryl methyl sites for hydroxylation is 1. The van der Waals surface area contributed by atoms with Gasteiger partial charge in [0.05, 0.1) is 11.3 Å². The highest BCUT2D eigenvalue weighted by molar-refractivity contribution is 7.89. The molecule has 2 aliphatic rings. The molecule has 7 nitrogen and oxygen atoms in total. The highest BCUT2D eigenvalue weighted by Gasteiger charge is 2.33. The average molecular weight is 499 g/mol. The molecule has 0 unspecified atom stereocenters. The summed E-state index contributed by atoms with van der Waals surface area (Å²) in [5, 5.41) is 3.36. The highest BCUT2D eigenvalue weighted by Crippen LogP contribution is 2.42. The van der Waals surface area contributed by atoms with Gasteiger partial charge < -0.3 is 14.8 Å². The third-order valence-electron chi connectivity index (χ3n) is 5.87. The molecule has 9 heteroatoms. The van der Waals surface area contributed by atoms with Gasteiger partial charge in [0.2, 0.25) is 10.0 Å². The van der Waals surface area contributed by atoms with Crippen LogP contribution in [-0.2, 0) is 10.0 Å². The normalized spacial score (nSPS) is 16.0. The van der Waals surface area contributed by atoms with Crippen molar-refractivity contribution in [2.24, 2.45) is 0 Å². The van der Waals surface area contributed by atoms with E-state index in [9.17, 15) is 13.2 Å². The molecule has 0 atom stereocenters. The molecule has 1 N–H and O–H groups in total. The van der Waals surface area contributed by atoms with Crippen LogP contribution in [0.1, 0.15) is 35.2 Å². The average Bonchev–Trinajstić information content (AvgIpc) is 2.95. The van der Waals surface area contributed by atoms with E-state index < -0.39 is 15.9 Å². The van der Waals surface area contributed by atoms with Crippen LogP contribution in [0, 0.1) is 6.92 Å².